The third kappa shape index (κ3) is 3.05. The summed E-state index contributed by atoms with van der Waals surface area (Å²) in [5, 5.41) is 0. The van der Waals surface area contributed by atoms with Gasteiger partial charge in [0.25, 0.3) is 0 Å². The van der Waals surface area contributed by atoms with E-state index in [1.807, 2.05) is 12.1 Å². The molecule has 0 saturated carbocycles. The molecule has 3 aromatic heterocycles. The number of aromatic amines is 1. The molecule has 25 heavy (non-hydrogen) atoms. The first kappa shape index (κ1) is 16.5. The highest BCUT2D eigenvalue weighted by atomic mass is 19.1. The molecule has 4 aromatic rings. The molecule has 1 aromatic carbocycles. The zero-order valence-electron chi connectivity index (χ0n) is 13.3. The number of methoxy groups -OCH3 is 1. The molecule has 6 nitrogen and oxygen atoms in total. The van der Waals surface area contributed by atoms with E-state index in [0.717, 1.165) is 16.6 Å². The van der Waals surface area contributed by atoms with E-state index in [1.165, 1.54) is 12.1 Å². The monoisotopic (exact) mass is 340 g/mol. The minimum atomic E-state index is -0.285. The van der Waals surface area contributed by atoms with Gasteiger partial charge in [-0.3, -0.25) is 4.98 Å². The number of halogens is 1. The Hall–Kier alpha value is -3.32. The molecule has 3 heterocycles. The molecule has 7 heteroatoms. The summed E-state index contributed by atoms with van der Waals surface area (Å²) in [5.74, 6) is 0.991. The Morgan fingerprint density at radius 1 is 1.08 bits per heavy atom. The topological polar surface area (TPSA) is 95.2 Å². The highest BCUT2D eigenvalue weighted by molar-refractivity contribution is 5.91. The van der Waals surface area contributed by atoms with Gasteiger partial charge in [0.2, 0.25) is 0 Å². The SMILES string of the molecule is COc1ccnc(-c2nc3nccc(-c4cccc(F)c4)c3[nH]2)c1.O.[HH]. The van der Waals surface area contributed by atoms with Crippen molar-refractivity contribution in [3.05, 3.63) is 60.7 Å². The summed E-state index contributed by atoms with van der Waals surface area (Å²) in [6.45, 7) is 0. The highest BCUT2D eigenvalue weighted by Gasteiger charge is 2.12. The lowest BCUT2D eigenvalue weighted by atomic mass is 10.1. The molecular weight excluding hydrogens is 323 g/mol. The van der Waals surface area contributed by atoms with Crippen LogP contribution in [0.4, 0.5) is 4.39 Å². The maximum atomic E-state index is 13.5. The van der Waals surface area contributed by atoms with E-state index in [9.17, 15) is 4.39 Å². The normalized spacial score (nSPS) is 10.5. The molecular formula is C18H17FN4O2. The van der Waals surface area contributed by atoms with Crippen LogP contribution in [-0.4, -0.2) is 32.5 Å². The van der Waals surface area contributed by atoms with Crippen molar-refractivity contribution in [2.45, 2.75) is 0 Å². The van der Waals surface area contributed by atoms with Gasteiger partial charge in [-0.05, 0) is 29.8 Å². The minimum absolute atomic E-state index is 0. The zero-order chi connectivity index (χ0) is 16.5. The van der Waals surface area contributed by atoms with Gasteiger partial charge in [-0.15, -0.1) is 0 Å². The van der Waals surface area contributed by atoms with Crippen molar-refractivity contribution in [1.82, 2.24) is 19.9 Å². The molecule has 0 atom stereocenters. The van der Waals surface area contributed by atoms with Gasteiger partial charge in [0.05, 0.1) is 12.6 Å². The molecule has 0 fully saturated rings. The fourth-order valence-corrected chi connectivity index (χ4v) is 2.60. The van der Waals surface area contributed by atoms with E-state index < -0.39 is 0 Å². The molecule has 0 spiro atoms. The summed E-state index contributed by atoms with van der Waals surface area (Å²) in [5.41, 5.74) is 3.54. The van der Waals surface area contributed by atoms with Crippen molar-refractivity contribution in [1.29, 1.82) is 0 Å². The molecule has 4 rings (SSSR count). The van der Waals surface area contributed by atoms with Gasteiger partial charge in [-0.2, -0.15) is 0 Å². The average Bonchev–Trinajstić information content (AvgIpc) is 3.06. The number of nitrogens with zero attached hydrogens (tertiary/aromatic N) is 3. The fourth-order valence-electron chi connectivity index (χ4n) is 2.60. The van der Waals surface area contributed by atoms with Crippen molar-refractivity contribution >= 4 is 11.2 Å². The summed E-state index contributed by atoms with van der Waals surface area (Å²) >= 11 is 0. The van der Waals surface area contributed by atoms with E-state index >= 15 is 0 Å². The van der Waals surface area contributed by atoms with Crippen LogP contribution in [0.2, 0.25) is 0 Å². The van der Waals surface area contributed by atoms with Crippen LogP contribution in [0.15, 0.2) is 54.9 Å². The Labute approximate surface area is 144 Å². The van der Waals surface area contributed by atoms with Gasteiger partial charge in [-0.1, -0.05) is 12.1 Å². The Morgan fingerprint density at radius 3 is 2.72 bits per heavy atom. The molecule has 3 N–H and O–H groups in total. The van der Waals surface area contributed by atoms with Crippen molar-refractivity contribution in [3.63, 3.8) is 0 Å². The number of benzene rings is 1. The Bertz CT molecular complexity index is 1040. The second-order valence-corrected chi connectivity index (χ2v) is 5.23. The first-order chi connectivity index (χ1) is 11.7. The molecule has 0 radical (unpaired) electrons. The van der Waals surface area contributed by atoms with Gasteiger partial charge in [0, 0.05) is 25.5 Å². The van der Waals surface area contributed by atoms with Crippen molar-refractivity contribution in [3.8, 4) is 28.4 Å². The molecule has 0 aliphatic heterocycles. The van der Waals surface area contributed by atoms with Gasteiger partial charge in [0.1, 0.15) is 17.3 Å². The Balaban J connectivity index is 0.00000121. The van der Waals surface area contributed by atoms with E-state index in [0.29, 0.717) is 22.9 Å². The number of hydrogen-bond donors (Lipinski definition) is 1. The molecule has 0 saturated heterocycles. The van der Waals surface area contributed by atoms with Crippen LogP contribution in [0, 0.1) is 5.82 Å². The molecule has 0 aliphatic carbocycles. The predicted molar refractivity (Wildman–Crippen MR) is 94.8 cm³/mol. The van der Waals surface area contributed by atoms with E-state index in [2.05, 4.69) is 19.9 Å². The third-order valence-corrected chi connectivity index (χ3v) is 3.74. The summed E-state index contributed by atoms with van der Waals surface area (Å²) < 4.78 is 18.8. The lowest BCUT2D eigenvalue weighted by Crippen LogP contribution is -1.88. The number of nitrogens with one attached hydrogen (secondary N) is 1. The summed E-state index contributed by atoms with van der Waals surface area (Å²) in [6, 6.07) is 11.8. The number of imidazole rings is 1. The van der Waals surface area contributed by atoms with E-state index in [4.69, 9.17) is 4.74 Å². The first-order valence-corrected chi connectivity index (χ1v) is 7.35. The summed E-state index contributed by atoms with van der Waals surface area (Å²) in [4.78, 5) is 16.3. The number of fused-ring (bicyclic) bond motifs is 1. The van der Waals surface area contributed by atoms with Crippen molar-refractivity contribution in [2.75, 3.05) is 7.11 Å². The number of hydrogen-bond acceptors (Lipinski definition) is 4. The molecule has 0 amide bonds. The largest absolute Gasteiger partial charge is 0.497 e. The van der Waals surface area contributed by atoms with Crippen LogP contribution in [-0.2, 0) is 0 Å². The molecule has 0 bridgehead atoms. The number of H-pyrrole nitrogens is 1. The second kappa shape index (κ2) is 6.66. The smallest absolute Gasteiger partial charge is 0.178 e. The maximum Gasteiger partial charge on any atom is 0.178 e. The van der Waals surface area contributed by atoms with E-state index in [1.54, 1.807) is 37.7 Å². The van der Waals surface area contributed by atoms with Crippen LogP contribution in [0.25, 0.3) is 33.8 Å². The zero-order valence-corrected chi connectivity index (χ0v) is 13.3. The van der Waals surface area contributed by atoms with Gasteiger partial charge < -0.3 is 15.2 Å². The molecule has 128 valence electrons. The molecule has 0 unspecified atom stereocenters. The van der Waals surface area contributed by atoms with Crippen molar-refractivity contribution in [2.24, 2.45) is 0 Å². The molecule has 0 aliphatic rings. The third-order valence-electron chi connectivity index (χ3n) is 3.74. The van der Waals surface area contributed by atoms with E-state index in [-0.39, 0.29) is 12.7 Å². The standard InChI is InChI=1S/C18H13FN4O.H2O.H2/c1-24-13-5-7-20-15(10-13)17-22-16-14(6-8-21-18(16)23-17)11-3-2-4-12(19)9-11;;/h2-10H,1H3,(H,21,22,23);1H2;1H. The lowest BCUT2D eigenvalue weighted by molar-refractivity contribution is 0.414. The summed E-state index contributed by atoms with van der Waals surface area (Å²) in [7, 11) is 1.60. The number of pyridine rings is 2. The number of rotatable bonds is 3. The highest BCUT2D eigenvalue weighted by Crippen LogP contribution is 2.29. The van der Waals surface area contributed by atoms with Crippen LogP contribution in [0.3, 0.4) is 0 Å². The van der Waals surface area contributed by atoms with Crippen LogP contribution in [0.1, 0.15) is 1.43 Å². The van der Waals surface area contributed by atoms with Crippen molar-refractivity contribution < 1.29 is 16.0 Å². The maximum absolute atomic E-state index is 13.5. The average molecular weight is 340 g/mol. The second-order valence-electron chi connectivity index (χ2n) is 5.23. The first-order valence-electron chi connectivity index (χ1n) is 7.35. The van der Waals surface area contributed by atoms with Crippen LogP contribution < -0.4 is 4.74 Å². The predicted octanol–water partition coefficient (Wildman–Crippen LogP) is 3.26. The van der Waals surface area contributed by atoms with Gasteiger partial charge in [-0.25, -0.2) is 14.4 Å². The van der Waals surface area contributed by atoms with Gasteiger partial charge in [0.15, 0.2) is 11.5 Å². The fraction of sp³-hybridized carbons (Fsp3) is 0.0556. The van der Waals surface area contributed by atoms with Crippen LogP contribution >= 0.6 is 0 Å². The summed E-state index contributed by atoms with van der Waals surface area (Å²) in [6.07, 6.45) is 3.31. The van der Waals surface area contributed by atoms with Gasteiger partial charge >= 0.3 is 0 Å². The number of ether oxygens (including phenoxy) is 1. The minimum Gasteiger partial charge on any atom is -0.497 e. The Morgan fingerprint density at radius 2 is 1.92 bits per heavy atom. The Kier molecular flexibility index (Phi) is 4.40. The lowest BCUT2D eigenvalue weighted by Gasteiger charge is -2.02. The van der Waals surface area contributed by atoms with Crippen LogP contribution in [0.5, 0.6) is 5.75 Å². The number of aromatic nitrogens is 4. The quantitative estimate of drug-likeness (QED) is 0.619.